The Morgan fingerprint density at radius 1 is 0.944 bits per heavy atom. The van der Waals surface area contributed by atoms with Crippen LogP contribution in [0.15, 0.2) is 0 Å². The summed E-state index contributed by atoms with van der Waals surface area (Å²) in [6, 6.07) is 0. The van der Waals surface area contributed by atoms with Crippen LogP contribution in [0.5, 0.6) is 0 Å². The zero-order valence-electron chi connectivity index (χ0n) is 24.0. The minimum Gasteiger partial charge on any atom is -0.393 e. The first-order valence-electron chi connectivity index (χ1n) is 14.9. The molecule has 1 heterocycles. The molecule has 0 amide bonds. The molecule has 0 radical (unpaired) electrons. The van der Waals surface area contributed by atoms with Crippen molar-refractivity contribution in [3.63, 3.8) is 0 Å². The van der Waals surface area contributed by atoms with Crippen molar-refractivity contribution in [1.82, 2.24) is 0 Å². The molecule has 6 fully saturated rings. The molecule has 5 saturated carbocycles. The van der Waals surface area contributed by atoms with Crippen LogP contribution in [0.1, 0.15) is 99.8 Å². The number of aliphatic hydroxyl groups excluding tert-OH is 2. The summed E-state index contributed by atoms with van der Waals surface area (Å²) >= 11 is 0. The number of methoxy groups -OCH3 is 1. The van der Waals surface area contributed by atoms with Gasteiger partial charge in [0.2, 0.25) is 0 Å². The number of hydrogen-bond acceptors (Lipinski definition) is 5. The predicted molar refractivity (Wildman–Crippen MR) is 139 cm³/mol. The van der Waals surface area contributed by atoms with E-state index in [-0.39, 0.29) is 34.6 Å². The van der Waals surface area contributed by atoms with E-state index in [1.54, 1.807) is 21.0 Å². The molecule has 5 nitrogen and oxygen atoms in total. The highest BCUT2D eigenvalue weighted by atomic mass is 16.6. The normalized spacial score (nSPS) is 58.1. The van der Waals surface area contributed by atoms with E-state index in [0.717, 1.165) is 32.1 Å². The lowest BCUT2D eigenvalue weighted by Gasteiger charge is -2.63. The van der Waals surface area contributed by atoms with E-state index < -0.39 is 17.8 Å². The Balaban J connectivity index is 1.36. The van der Waals surface area contributed by atoms with Crippen molar-refractivity contribution >= 4 is 0 Å². The molecule has 0 aromatic heterocycles. The molecule has 6 rings (SSSR count). The first-order chi connectivity index (χ1) is 16.6. The minimum absolute atomic E-state index is 0.0201. The topological polar surface area (TPSA) is 79.2 Å². The maximum Gasteiger partial charge on any atom is 0.111 e. The lowest BCUT2D eigenvalue weighted by Crippen LogP contribution is -2.59. The molecule has 5 aliphatic carbocycles. The summed E-state index contributed by atoms with van der Waals surface area (Å²) in [7, 11) is 1.66. The SMILES string of the molecule is CO[C@@H](C1C[C@@H](C)[C@H]2C(O1)[C@H](O)[C@@]1(C)C3CC[C@H]4C(C)(C)C(O)CCC45CC35CCC21C)C(C)(C)O. The van der Waals surface area contributed by atoms with Crippen LogP contribution in [0.4, 0.5) is 0 Å². The van der Waals surface area contributed by atoms with E-state index in [9.17, 15) is 15.3 Å². The van der Waals surface area contributed by atoms with Gasteiger partial charge in [-0.15, -0.1) is 0 Å². The summed E-state index contributed by atoms with van der Waals surface area (Å²) in [6.45, 7) is 15.5. The summed E-state index contributed by atoms with van der Waals surface area (Å²) in [6.07, 6.45) is 7.46. The van der Waals surface area contributed by atoms with E-state index in [1.807, 2.05) is 0 Å². The summed E-state index contributed by atoms with van der Waals surface area (Å²) in [5, 5.41) is 34.0. The third kappa shape index (κ3) is 2.81. The third-order valence-corrected chi connectivity index (χ3v) is 14.1. The lowest BCUT2D eigenvalue weighted by atomic mass is 9.41. The summed E-state index contributed by atoms with van der Waals surface area (Å²) in [5.74, 6) is 1.82. The highest BCUT2D eigenvalue weighted by Gasteiger charge is 2.84. The monoisotopic (exact) mass is 504 g/mol. The minimum atomic E-state index is -1.00. The van der Waals surface area contributed by atoms with Gasteiger partial charge in [0.25, 0.3) is 0 Å². The van der Waals surface area contributed by atoms with E-state index in [4.69, 9.17) is 9.47 Å². The maximum absolute atomic E-state index is 12.3. The van der Waals surface area contributed by atoms with Crippen molar-refractivity contribution in [2.24, 2.45) is 50.7 Å². The Hall–Kier alpha value is -0.200. The van der Waals surface area contributed by atoms with Crippen molar-refractivity contribution in [2.45, 2.75) is 136 Å². The van der Waals surface area contributed by atoms with Crippen LogP contribution in [-0.4, -0.2) is 58.6 Å². The number of rotatable bonds is 3. The summed E-state index contributed by atoms with van der Waals surface area (Å²) in [5.41, 5.74) is -0.496. The molecule has 3 N–H and O–H groups in total. The largest absolute Gasteiger partial charge is 0.393 e. The van der Waals surface area contributed by atoms with Gasteiger partial charge in [-0.1, -0.05) is 34.6 Å². The second-order valence-corrected chi connectivity index (χ2v) is 15.9. The first kappa shape index (κ1) is 26.0. The van der Waals surface area contributed by atoms with Crippen molar-refractivity contribution in [2.75, 3.05) is 7.11 Å². The average Bonchev–Trinajstić information content (AvgIpc) is 3.41. The molecule has 2 spiro atoms. The van der Waals surface area contributed by atoms with Gasteiger partial charge in [-0.05, 0) is 111 Å². The van der Waals surface area contributed by atoms with Gasteiger partial charge in [0.1, 0.15) is 6.10 Å². The molecular formula is C31H52O5. The van der Waals surface area contributed by atoms with Crippen molar-refractivity contribution in [3.05, 3.63) is 0 Å². The van der Waals surface area contributed by atoms with Crippen LogP contribution in [0.2, 0.25) is 0 Å². The highest BCUT2D eigenvalue weighted by molar-refractivity contribution is 5.32. The van der Waals surface area contributed by atoms with Gasteiger partial charge < -0.3 is 24.8 Å². The Kier molecular flexibility index (Phi) is 5.43. The number of ether oxygens (including phenoxy) is 2. The molecule has 7 unspecified atom stereocenters. The second kappa shape index (κ2) is 7.50. The number of fused-ring (bicyclic) bond motifs is 4. The van der Waals surface area contributed by atoms with E-state index in [1.165, 1.54) is 19.3 Å². The Morgan fingerprint density at radius 3 is 2.22 bits per heavy atom. The molecular weight excluding hydrogens is 452 g/mol. The molecule has 36 heavy (non-hydrogen) atoms. The number of aliphatic hydroxyl groups is 3. The van der Waals surface area contributed by atoms with Gasteiger partial charge in [-0.2, -0.15) is 0 Å². The van der Waals surface area contributed by atoms with Crippen molar-refractivity contribution in [1.29, 1.82) is 0 Å². The van der Waals surface area contributed by atoms with Gasteiger partial charge in [-0.25, -0.2) is 0 Å². The molecule has 206 valence electrons. The van der Waals surface area contributed by atoms with Crippen molar-refractivity contribution in [3.8, 4) is 0 Å². The fourth-order valence-electron chi connectivity index (χ4n) is 12.4. The van der Waals surface area contributed by atoms with Crippen LogP contribution < -0.4 is 0 Å². The lowest BCUT2D eigenvalue weighted by molar-refractivity contribution is -0.209. The van der Waals surface area contributed by atoms with E-state index in [0.29, 0.717) is 34.5 Å². The Labute approximate surface area is 218 Å². The zero-order valence-corrected chi connectivity index (χ0v) is 24.0. The van der Waals surface area contributed by atoms with Crippen LogP contribution in [-0.2, 0) is 9.47 Å². The molecule has 6 aliphatic rings. The van der Waals surface area contributed by atoms with Gasteiger partial charge in [0.15, 0.2) is 0 Å². The molecule has 5 heteroatoms. The standard InChI is InChI=1S/C31H52O5/c1-17-15-18(25(35-8)27(4,5)34)36-23-22(17)28(6)13-14-31-16-30(31)12-11-21(32)26(2,3)19(30)9-10-20(31)29(28,7)24(23)33/h17-25,32-34H,9-16H2,1-8H3/t17-,18?,19+,20?,21?,22+,23?,24+,25+,28?,29-,30?,31?/m1/s1. The molecule has 13 atom stereocenters. The van der Waals surface area contributed by atoms with Crippen LogP contribution >= 0.6 is 0 Å². The van der Waals surface area contributed by atoms with E-state index in [2.05, 4.69) is 34.6 Å². The van der Waals surface area contributed by atoms with Gasteiger partial charge in [0.05, 0.1) is 30.0 Å². The highest BCUT2D eigenvalue weighted by Crippen LogP contribution is 2.89. The average molecular weight is 505 g/mol. The molecule has 1 aliphatic heterocycles. The third-order valence-electron chi connectivity index (χ3n) is 14.1. The van der Waals surface area contributed by atoms with E-state index >= 15 is 0 Å². The summed E-state index contributed by atoms with van der Waals surface area (Å²) < 4.78 is 12.6. The molecule has 0 aromatic carbocycles. The second-order valence-electron chi connectivity index (χ2n) is 15.9. The van der Waals surface area contributed by atoms with Gasteiger partial charge >= 0.3 is 0 Å². The maximum atomic E-state index is 12.3. The van der Waals surface area contributed by atoms with Crippen LogP contribution in [0.25, 0.3) is 0 Å². The first-order valence-corrected chi connectivity index (χ1v) is 14.9. The molecule has 1 saturated heterocycles. The molecule has 0 aromatic rings. The Morgan fingerprint density at radius 2 is 1.58 bits per heavy atom. The fraction of sp³-hybridized carbons (Fsp3) is 1.00. The predicted octanol–water partition coefficient (Wildman–Crippen LogP) is 4.95. The van der Waals surface area contributed by atoms with Crippen LogP contribution in [0.3, 0.4) is 0 Å². The smallest absolute Gasteiger partial charge is 0.111 e. The van der Waals surface area contributed by atoms with Crippen LogP contribution in [0, 0.1) is 50.7 Å². The quantitative estimate of drug-likeness (QED) is 0.507. The summed E-state index contributed by atoms with van der Waals surface area (Å²) in [4.78, 5) is 0. The van der Waals surface area contributed by atoms with Gasteiger partial charge in [0, 0.05) is 12.5 Å². The molecule has 0 bridgehead atoms. The van der Waals surface area contributed by atoms with Crippen molar-refractivity contribution < 1.29 is 24.8 Å². The zero-order chi connectivity index (χ0) is 26.3. The fourth-order valence-corrected chi connectivity index (χ4v) is 12.4. The number of hydrogen-bond donors (Lipinski definition) is 3. The Bertz CT molecular complexity index is 911. The van der Waals surface area contributed by atoms with Gasteiger partial charge in [-0.3, -0.25) is 0 Å².